The number of fused-ring (bicyclic) bond motifs is 3. The minimum atomic E-state index is -0.337. The summed E-state index contributed by atoms with van der Waals surface area (Å²) in [4.78, 5) is 11.1. The van der Waals surface area contributed by atoms with Crippen molar-refractivity contribution in [3.8, 4) is 0 Å². The Hall–Kier alpha value is -2.04. The van der Waals surface area contributed by atoms with Crippen molar-refractivity contribution in [1.82, 2.24) is 0 Å². The Morgan fingerprint density at radius 1 is 1.12 bits per heavy atom. The molecule has 2 aliphatic rings. The molecule has 1 heterocycles. The van der Waals surface area contributed by atoms with E-state index in [1.54, 1.807) is 6.07 Å². The van der Waals surface area contributed by atoms with Gasteiger partial charge in [-0.3, -0.25) is 10.1 Å². The van der Waals surface area contributed by atoms with Gasteiger partial charge in [0.1, 0.15) is 0 Å². The predicted octanol–water partition coefficient (Wildman–Crippen LogP) is 5.73. The first-order valence-corrected chi connectivity index (χ1v) is 8.48. The largest absolute Gasteiger partial charge is 0.376 e. The smallest absolute Gasteiger partial charge is 0.275 e. The second-order valence-corrected chi connectivity index (χ2v) is 6.92. The van der Waals surface area contributed by atoms with Crippen LogP contribution in [0.3, 0.4) is 0 Å². The van der Waals surface area contributed by atoms with E-state index in [4.69, 9.17) is 23.2 Å². The Kier molecular flexibility index (Phi) is 3.74. The van der Waals surface area contributed by atoms with Crippen molar-refractivity contribution in [2.75, 3.05) is 5.32 Å². The molecule has 24 heavy (non-hydrogen) atoms. The Morgan fingerprint density at radius 3 is 2.67 bits per heavy atom. The molecule has 6 heteroatoms. The molecule has 0 bridgehead atoms. The van der Waals surface area contributed by atoms with Crippen molar-refractivity contribution in [3.05, 3.63) is 79.8 Å². The number of benzene rings is 2. The third-order valence-corrected chi connectivity index (χ3v) is 5.54. The number of nitro groups is 1. The van der Waals surface area contributed by atoms with Crippen molar-refractivity contribution in [2.45, 2.75) is 18.4 Å². The number of allylic oxidation sites excluding steroid dienone is 2. The van der Waals surface area contributed by atoms with E-state index < -0.39 is 0 Å². The molecule has 2 aromatic rings. The van der Waals surface area contributed by atoms with E-state index >= 15 is 0 Å². The van der Waals surface area contributed by atoms with E-state index in [0.717, 1.165) is 12.0 Å². The number of hydrogen-bond acceptors (Lipinski definition) is 3. The Balaban J connectivity index is 1.90. The Morgan fingerprint density at radius 2 is 1.92 bits per heavy atom. The average Bonchev–Trinajstić information content (AvgIpc) is 3.05. The lowest BCUT2D eigenvalue weighted by molar-refractivity contribution is -0.385. The molecule has 1 aliphatic heterocycles. The highest BCUT2D eigenvalue weighted by Gasteiger charge is 2.42. The Bertz CT molecular complexity index is 866. The fourth-order valence-electron chi connectivity index (χ4n) is 3.85. The molecule has 1 N–H and O–H groups in total. The SMILES string of the molecule is O=[N+]([O-])c1ccc(Cl)c2c1[C@@H]1C=CC[C@H]1[C@H](c1ccccc1Cl)N2. The summed E-state index contributed by atoms with van der Waals surface area (Å²) < 4.78 is 0. The number of nitrogens with one attached hydrogen (secondary N) is 1. The quantitative estimate of drug-likeness (QED) is 0.422. The molecule has 1 aliphatic carbocycles. The van der Waals surface area contributed by atoms with Gasteiger partial charge in [-0.1, -0.05) is 53.6 Å². The highest BCUT2D eigenvalue weighted by atomic mass is 35.5. The normalized spacial score (nSPS) is 24.2. The molecule has 0 amide bonds. The fourth-order valence-corrected chi connectivity index (χ4v) is 4.32. The van der Waals surface area contributed by atoms with Gasteiger partial charge >= 0.3 is 0 Å². The van der Waals surface area contributed by atoms with E-state index in [9.17, 15) is 10.1 Å². The minimum Gasteiger partial charge on any atom is -0.376 e. The van der Waals surface area contributed by atoms with Crippen LogP contribution in [0, 0.1) is 16.0 Å². The predicted molar refractivity (Wildman–Crippen MR) is 95.9 cm³/mol. The molecule has 4 rings (SSSR count). The van der Waals surface area contributed by atoms with Gasteiger partial charge in [0.25, 0.3) is 5.69 Å². The van der Waals surface area contributed by atoms with Gasteiger partial charge < -0.3 is 5.32 Å². The minimum absolute atomic E-state index is 0.0364. The molecule has 0 unspecified atom stereocenters. The molecule has 0 saturated heterocycles. The zero-order valence-corrected chi connectivity index (χ0v) is 14.1. The summed E-state index contributed by atoms with van der Waals surface area (Å²) in [6.45, 7) is 0. The molecule has 0 fully saturated rings. The molecule has 0 spiro atoms. The van der Waals surface area contributed by atoms with Crippen LogP contribution >= 0.6 is 23.2 Å². The summed E-state index contributed by atoms with van der Waals surface area (Å²) in [5, 5.41) is 16.1. The summed E-state index contributed by atoms with van der Waals surface area (Å²) in [7, 11) is 0. The van der Waals surface area contributed by atoms with Gasteiger partial charge in [0.15, 0.2) is 0 Å². The number of nitro benzene ring substituents is 1. The zero-order chi connectivity index (χ0) is 16.8. The van der Waals surface area contributed by atoms with E-state index in [-0.39, 0.29) is 28.5 Å². The topological polar surface area (TPSA) is 55.2 Å². The molecule has 4 nitrogen and oxygen atoms in total. The lowest BCUT2D eigenvalue weighted by Gasteiger charge is -2.37. The van der Waals surface area contributed by atoms with Crippen molar-refractivity contribution < 1.29 is 4.92 Å². The number of hydrogen-bond donors (Lipinski definition) is 1. The lowest BCUT2D eigenvalue weighted by atomic mass is 9.76. The maximum atomic E-state index is 11.5. The molecule has 3 atom stereocenters. The summed E-state index contributed by atoms with van der Waals surface area (Å²) >= 11 is 12.8. The first-order chi connectivity index (χ1) is 11.6. The van der Waals surface area contributed by atoms with Crippen LogP contribution in [0.15, 0.2) is 48.6 Å². The van der Waals surface area contributed by atoms with Crippen molar-refractivity contribution in [2.24, 2.45) is 5.92 Å². The number of halogens is 2. The highest BCUT2D eigenvalue weighted by molar-refractivity contribution is 6.33. The molecule has 0 radical (unpaired) electrons. The zero-order valence-electron chi connectivity index (χ0n) is 12.6. The van der Waals surface area contributed by atoms with Crippen LogP contribution in [0.1, 0.15) is 29.5 Å². The van der Waals surface area contributed by atoms with E-state index in [1.165, 1.54) is 6.07 Å². The molecular weight excluding hydrogens is 347 g/mol. The third-order valence-electron chi connectivity index (χ3n) is 4.88. The van der Waals surface area contributed by atoms with Crippen LogP contribution in [-0.4, -0.2) is 4.92 Å². The van der Waals surface area contributed by atoms with Gasteiger partial charge in [0.05, 0.1) is 27.2 Å². The maximum absolute atomic E-state index is 11.5. The second-order valence-electron chi connectivity index (χ2n) is 6.11. The molecular formula is C18H14Cl2N2O2. The van der Waals surface area contributed by atoms with Crippen LogP contribution in [0.2, 0.25) is 10.0 Å². The monoisotopic (exact) mass is 360 g/mol. The van der Waals surface area contributed by atoms with Crippen LogP contribution < -0.4 is 5.32 Å². The fraction of sp³-hybridized carbons (Fsp3) is 0.222. The molecule has 0 saturated carbocycles. The van der Waals surface area contributed by atoms with Gasteiger partial charge in [0, 0.05) is 17.0 Å². The standard InChI is InChI=1S/C18H14Cl2N2O2/c19-13-7-2-1-4-12(13)17-11-6-3-5-10(11)16-15(22(23)24)9-8-14(20)18(16)21-17/h1-5,7-11,17,21H,6H2/t10-,11-,17-/m1/s1. The van der Waals surface area contributed by atoms with Crippen LogP contribution in [0.4, 0.5) is 11.4 Å². The summed E-state index contributed by atoms with van der Waals surface area (Å²) in [6.07, 6.45) is 4.98. The van der Waals surface area contributed by atoms with Gasteiger partial charge in [-0.2, -0.15) is 0 Å². The van der Waals surface area contributed by atoms with Gasteiger partial charge in [0.2, 0.25) is 0 Å². The summed E-state index contributed by atoms with van der Waals surface area (Å²) in [5.41, 5.74) is 2.42. The molecule has 122 valence electrons. The van der Waals surface area contributed by atoms with E-state index in [0.29, 0.717) is 21.3 Å². The first kappa shape index (κ1) is 15.5. The Labute approximate surface area is 149 Å². The van der Waals surface area contributed by atoms with Crippen LogP contribution in [0.5, 0.6) is 0 Å². The number of anilines is 1. The van der Waals surface area contributed by atoms with Gasteiger partial charge in [-0.25, -0.2) is 0 Å². The third kappa shape index (κ3) is 2.29. The lowest BCUT2D eigenvalue weighted by Crippen LogP contribution is -2.30. The highest BCUT2D eigenvalue weighted by Crippen LogP contribution is 2.54. The van der Waals surface area contributed by atoms with E-state index in [1.807, 2.05) is 24.3 Å². The van der Waals surface area contributed by atoms with Crippen LogP contribution in [0.25, 0.3) is 0 Å². The van der Waals surface area contributed by atoms with E-state index in [2.05, 4.69) is 17.5 Å². The first-order valence-electron chi connectivity index (χ1n) is 7.72. The van der Waals surface area contributed by atoms with Crippen molar-refractivity contribution in [1.29, 1.82) is 0 Å². The van der Waals surface area contributed by atoms with Crippen molar-refractivity contribution >= 4 is 34.6 Å². The van der Waals surface area contributed by atoms with Gasteiger partial charge in [-0.05, 0) is 30.0 Å². The molecule has 0 aromatic heterocycles. The molecule has 2 aromatic carbocycles. The van der Waals surface area contributed by atoms with Crippen molar-refractivity contribution in [3.63, 3.8) is 0 Å². The van der Waals surface area contributed by atoms with Crippen LogP contribution in [-0.2, 0) is 0 Å². The summed E-state index contributed by atoms with van der Waals surface area (Å²) in [5.74, 6) is 0.135. The maximum Gasteiger partial charge on any atom is 0.275 e. The van der Waals surface area contributed by atoms with Gasteiger partial charge in [-0.15, -0.1) is 0 Å². The average molecular weight is 361 g/mol. The number of rotatable bonds is 2. The summed E-state index contributed by atoms with van der Waals surface area (Å²) in [6, 6.07) is 10.7. The number of nitrogens with zero attached hydrogens (tertiary/aromatic N) is 1. The second kappa shape index (κ2) is 5.80.